The van der Waals surface area contributed by atoms with Crippen LogP contribution in [0, 0.1) is 0 Å². The topological polar surface area (TPSA) is 115 Å². The van der Waals surface area contributed by atoms with Crippen molar-refractivity contribution in [1.82, 2.24) is 15.2 Å². The Bertz CT molecular complexity index is 957. The van der Waals surface area contributed by atoms with Gasteiger partial charge in [-0.2, -0.15) is 0 Å². The predicted octanol–water partition coefficient (Wildman–Crippen LogP) is 2.42. The SMILES string of the molecule is NC(=O)c1cccnc1O[C@H]1CC[C@H](N2C(=O)NC(CCc3ccccc3)C2=O)CC1. The third-order valence-electron chi connectivity index (χ3n) is 5.94. The van der Waals surface area contributed by atoms with Crippen LogP contribution in [0.1, 0.15) is 48.0 Å². The standard InChI is InChI=1S/C23H26N4O4/c24-20(28)18-7-4-14-25-21(18)31-17-11-9-16(10-12-17)27-22(29)19(26-23(27)30)13-8-15-5-2-1-3-6-15/h1-7,14,16-17,19H,8-13H2,(H2,24,28)(H,26,30)/t16-,17-,19?. The van der Waals surface area contributed by atoms with Crippen LogP contribution in [0.15, 0.2) is 48.7 Å². The van der Waals surface area contributed by atoms with Crippen LogP contribution in [-0.2, 0) is 11.2 Å². The Morgan fingerprint density at radius 3 is 2.55 bits per heavy atom. The minimum Gasteiger partial charge on any atom is -0.474 e. The van der Waals surface area contributed by atoms with E-state index in [0.717, 1.165) is 12.0 Å². The van der Waals surface area contributed by atoms with Crippen molar-refractivity contribution in [3.8, 4) is 5.88 Å². The first kappa shape index (κ1) is 20.8. The number of urea groups is 1. The fourth-order valence-electron chi connectivity index (χ4n) is 4.30. The van der Waals surface area contributed by atoms with Gasteiger partial charge in [-0.1, -0.05) is 30.3 Å². The average Bonchev–Trinajstić information content (AvgIpc) is 3.07. The molecule has 8 nitrogen and oxygen atoms in total. The fraction of sp³-hybridized carbons (Fsp3) is 0.391. The molecule has 4 amide bonds. The first-order valence-corrected chi connectivity index (χ1v) is 10.6. The molecule has 1 unspecified atom stereocenters. The lowest BCUT2D eigenvalue weighted by Gasteiger charge is -2.33. The fourth-order valence-corrected chi connectivity index (χ4v) is 4.30. The molecule has 0 bridgehead atoms. The average molecular weight is 422 g/mol. The van der Waals surface area contributed by atoms with E-state index in [1.807, 2.05) is 30.3 Å². The first-order chi connectivity index (χ1) is 15.0. The number of primary amides is 1. The van der Waals surface area contributed by atoms with Crippen LogP contribution in [0.3, 0.4) is 0 Å². The molecule has 1 saturated carbocycles. The zero-order chi connectivity index (χ0) is 21.8. The number of amides is 4. The van der Waals surface area contributed by atoms with Crippen molar-refractivity contribution in [2.24, 2.45) is 5.73 Å². The van der Waals surface area contributed by atoms with Gasteiger partial charge in [-0.3, -0.25) is 14.5 Å². The van der Waals surface area contributed by atoms with Gasteiger partial charge < -0.3 is 15.8 Å². The maximum absolute atomic E-state index is 12.9. The summed E-state index contributed by atoms with van der Waals surface area (Å²) in [6.45, 7) is 0. The molecule has 1 aliphatic heterocycles. The van der Waals surface area contributed by atoms with Crippen LogP contribution in [0.25, 0.3) is 0 Å². The van der Waals surface area contributed by atoms with Crippen molar-refractivity contribution in [3.05, 3.63) is 59.8 Å². The lowest BCUT2D eigenvalue weighted by atomic mass is 9.91. The molecule has 31 heavy (non-hydrogen) atoms. The highest BCUT2D eigenvalue weighted by atomic mass is 16.5. The van der Waals surface area contributed by atoms with E-state index < -0.39 is 11.9 Å². The number of nitrogens with zero attached hydrogens (tertiary/aromatic N) is 2. The second kappa shape index (κ2) is 9.16. The van der Waals surface area contributed by atoms with Crippen molar-refractivity contribution in [2.75, 3.05) is 0 Å². The Balaban J connectivity index is 1.32. The molecule has 2 aliphatic rings. The van der Waals surface area contributed by atoms with Crippen molar-refractivity contribution in [1.29, 1.82) is 0 Å². The Morgan fingerprint density at radius 1 is 1.10 bits per heavy atom. The summed E-state index contributed by atoms with van der Waals surface area (Å²) >= 11 is 0. The molecule has 2 aromatic rings. The Labute approximate surface area is 180 Å². The van der Waals surface area contributed by atoms with Gasteiger partial charge in [-0.15, -0.1) is 0 Å². The summed E-state index contributed by atoms with van der Waals surface area (Å²) in [5.74, 6) is -0.502. The summed E-state index contributed by atoms with van der Waals surface area (Å²) < 4.78 is 5.91. The highest BCUT2D eigenvalue weighted by molar-refractivity contribution is 6.04. The van der Waals surface area contributed by atoms with E-state index in [4.69, 9.17) is 10.5 Å². The molecular formula is C23H26N4O4. The molecule has 162 valence electrons. The number of imide groups is 1. The Kier molecular flexibility index (Phi) is 6.16. The van der Waals surface area contributed by atoms with Crippen molar-refractivity contribution in [3.63, 3.8) is 0 Å². The molecule has 0 spiro atoms. The zero-order valence-electron chi connectivity index (χ0n) is 17.2. The van der Waals surface area contributed by atoms with Crippen molar-refractivity contribution in [2.45, 2.75) is 56.7 Å². The van der Waals surface area contributed by atoms with Gasteiger partial charge in [0.2, 0.25) is 5.88 Å². The summed E-state index contributed by atoms with van der Waals surface area (Å²) in [6, 6.07) is 12.2. The predicted molar refractivity (Wildman–Crippen MR) is 113 cm³/mol. The van der Waals surface area contributed by atoms with Gasteiger partial charge in [0.25, 0.3) is 11.8 Å². The molecule has 2 fully saturated rings. The minimum atomic E-state index is -0.585. The summed E-state index contributed by atoms with van der Waals surface area (Å²) in [5.41, 5.74) is 6.78. The third-order valence-corrected chi connectivity index (χ3v) is 5.94. The highest BCUT2D eigenvalue weighted by Gasteiger charge is 2.42. The van der Waals surface area contributed by atoms with Crippen LogP contribution >= 0.6 is 0 Å². The summed E-state index contributed by atoms with van der Waals surface area (Å²) in [5, 5.41) is 2.84. The second-order valence-corrected chi connectivity index (χ2v) is 8.00. The number of pyridine rings is 1. The molecule has 0 radical (unpaired) electrons. The van der Waals surface area contributed by atoms with Crippen LogP contribution in [0.5, 0.6) is 5.88 Å². The normalized spacial score (nSPS) is 23.5. The van der Waals surface area contributed by atoms with Crippen molar-refractivity contribution < 1.29 is 19.1 Å². The number of carbonyl (C=O) groups excluding carboxylic acids is 3. The van der Waals surface area contributed by atoms with Gasteiger partial charge >= 0.3 is 6.03 Å². The number of benzene rings is 1. The zero-order valence-corrected chi connectivity index (χ0v) is 17.2. The Hall–Kier alpha value is -3.42. The van der Waals surface area contributed by atoms with E-state index in [2.05, 4.69) is 10.3 Å². The Morgan fingerprint density at radius 2 is 1.84 bits per heavy atom. The van der Waals surface area contributed by atoms with Crippen LogP contribution in [0.4, 0.5) is 4.79 Å². The number of nitrogens with two attached hydrogens (primary N) is 1. The van der Waals surface area contributed by atoms with Gasteiger partial charge in [-0.05, 0) is 56.2 Å². The van der Waals surface area contributed by atoms with Gasteiger partial charge in [0.1, 0.15) is 17.7 Å². The van der Waals surface area contributed by atoms with E-state index in [1.165, 1.54) is 4.90 Å². The molecule has 8 heteroatoms. The summed E-state index contributed by atoms with van der Waals surface area (Å²) in [7, 11) is 0. The second-order valence-electron chi connectivity index (χ2n) is 8.00. The van der Waals surface area contributed by atoms with Crippen LogP contribution < -0.4 is 15.8 Å². The molecule has 1 atom stereocenters. The monoisotopic (exact) mass is 422 g/mol. The molecule has 3 N–H and O–H groups in total. The van der Waals surface area contributed by atoms with Gasteiger partial charge in [0, 0.05) is 12.2 Å². The molecule has 1 aromatic heterocycles. The van der Waals surface area contributed by atoms with E-state index in [9.17, 15) is 14.4 Å². The van der Waals surface area contributed by atoms with Gasteiger partial charge in [0.05, 0.1) is 0 Å². The summed E-state index contributed by atoms with van der Waals surface area (Å²) in [4.78, 5) is 42.4. The number of aryl methyl sites for hydroxylation is 1. The van der Waals surface area contributed by atoms with E-state index in [-0.39, 0.29) is 35.5 Å². The van der Waals surface area contributed by atoms with E-state index >= 15 is 0 Å². The third kappa shape index (κ3) is 4.68. The first-order valence-electron chi connectivity index (χ1n) is 10.6. The number of hydrogen-bond donors (Lipinski definition) is 2. The lowest BCUT2D eigenvalue weighted by molar-refractivity contribution is -0.129. The number of aromatic nitrogens is 1. The highest BCUT2D eigenvalue weighted by Crippen LogP contribution is 2.29. The quantitative estimate of drug-likeness (QED) is 0.665. The van der Waals surface area contributed by atoms with E-state index in [0.29, 0.717) is 32.1 Å². The summed E-state index contributed by atoms with van der Waals surface area (Å²) in [6.07, 6.45) is 5.34. The minimum absolute atomic E-state index is 0.140. The molecule has 1 saturated heterocycles. The van der Waals surface area contributed by atoms with Crippen LogP contribution in [-0.4, -0.2) is 45.9 Å². The number of rotatable bonds is 7. The maximum atomic E-state index is 12.9. The molecule has 1 aromatic carbocycles. The number of carbonyl (C=O) groups is 3. The van der Waals surface area contributed by atoms with E-state index in [1.54, 1.807) is 18.3 Å². The number of ether oxygens (including phenoxy) is 1. The molecule has 4 rings (SSSR count). The smallest absolute Gasteiger partial charge is 0.325 e. The maximum Gasteiger partial charge on any atom is 0.325 e. The van der Waals surface area contributed by atoms with Gasteiger partial charge in [-0.25, -0.2) is 9.78 Å². The molecule has 2 heterocycles. The van der Waals surface area contributed by atoms with Crippen LogP contribution in [0.2, 0.25) is 0 Å². The largest absolute Gasteiger partial charge is 0.474 e. The number of hydrogen-bond acceptors (Lipinski definition) is 5. The number of nitrogens with one attached hydrogen (secondary N) is 1. The van der Waals surface area contributed by atoms with Crippen molar-refractivity contribution >= 4 is 17.8 Å². The molecule has 1 aliphatic carbocycles. The van der Waals surface area contributed by atoms with Gasteiger partial charge in [0.15, 0.2) is 0 Å². The molecular weight excluding hydrogens is 396 g/mol. The lowest BCUT2D eigenvalue weighted by Crippen LogP contribution is -2.44.